The molecule has 1 aromatic carbocycles. The van der Waals surface area contributed by atoms with Crippen LogP contribution in [0.1, 0.15) is 0 Å². The van der Waals surface area contributed by atoms with Gasteiger partial charge in [0.25, 0.3) is 0 Å². The highest BCUT2D eigenvalue weighted by atomic mass is 79.9. The van der Waals surface area contributed by atoms with Crippen LogP contribution < -0.4 is 10.5 Å². The molecule has 0 aromatic heterocycles. The highest BCUT2D eigenvalue weighted by Crippen LogP contribution is 2.28. The Hall–Kier alpha value is 0.150. The largest absolute Gasteiger partial charge is 0.329 e. The summed E-state index contributed by atoms with van der Waals surface area (Å²) in [5, 5.41) is 0.169. The summed E-state index contributed by atoms with van der Waals surface area (Å²) in [4.78, 5) is 0.0481. The maximum atomic E-state index is 11.7. The Morgan fingerprint density at radius 3 is 2.62 bits per heavy atom. The van der Waals surface area contributed by atoms with Crippen LogP contribution in [0.4, 0.5) is 0 Å². The Balaban J connectivity index is 0.00000225. The minimum Gasteiger partial charge on any atom is -0.329 e. The number of halogens is 3. The molecule has 0 saturated heterocycles. The van der Waals surface area contributed by atoms with Crippen molar-refractivity contribution in [2.45, 2.75) is 4.90 Å². The Morgan fingerprint density at radius 1 is 1.44 bits per heavy atom. The molecule has 0 aliphatic rings. The van der Waals surface area contributed by atoms with E-state index in [0.29, 0.717) is 4.47 Å². The number of rotatable bonds is 4. The van der Waals surface area contributed by atoms with E-state index < -0.39 is 10.0 Å². The summed E-state index contributed by atoms with van der Waals surface area (Å²) in [5.41, 5.74) is 5.21. The lowest BCUT2D eigenvalue weighted by molar-refractivity contribution is 0.582. The van der Waals surface area contributed by atoms with Crippen molar-refractivity contribution in [1.29, 1.82) is 0 Å². The Kier molecular flexibility index (Phi) is 6.84. The zero-order chi connectivity index (χ0) is 11.5. The van der Waals surface area contributed by atoms with Crippen LogP contribution in [0.5, 0.6) is 0 Å². The summed E-state index contributed by atoms with van der Waals surface area (Å²) in [5.74, 6) is 0. The van der Waals surface area contributed by atoms with Gasteiger partial charge in [0.1, 0.15) is 4.90 Å². The average Bonchev–Trinajstić information content (AvgIpc) is 2.19. The molecule has 0 saturated carbocycles. The summed E-state index contributed by atoms with van der Waals surface area (Å²) in [7, 11) is -3.57. The van der Waals surface area contributed by atoms with Crippen molar-refractivity contribution in [1.82, 2.24) is 4.72 Å². The summed E-state index contributed by atoms with van der Waals surface area (Å²) in [6.45, 7) is 0.427. The van der Waals surface area contributed by atoms with Crippen LogP contribution >= 0.6 is 39.9 Å². The van der Waals surface area contributed by atoms with Crippen molar-refractivity contribution in [3.05, 3.63) is 27.7 Å². The molecule has 92 valence electrons. The van der Waals surface area contributed by atoms with Gasteiger partial charge in [0, 0.05) is 17.6 Å². The van der Waals surface area contributed by atoms with E-state index in [1.165, 1.54) is 6.07 Å². The van der Waals surface area contributed by atoms with E-state index >= 15 is 0 Å². The summed E-state index contributed by atoms with van der Waals surface area (Å²) in [6, 6.07) is 4.71. The third-order valence-electron chi connectivity index (χ3n) is 1.64. The Labute approximate surface area is 114 Å². The first-order chi connectivity index (χ1) is 6.99. The predicted octanol–water partition coefficient (Wildman–Crippen LogP) is 1.76. The van der Waals surface area contributed by atoms with Crippen LogP contribution in [-0.4, -0.2) is 21.5 Å². The van der Waals surface area contributed by atoms with E-state index in [4.69, 9.17) is 17.3 Å². The van der Waals surface area contributed by atoms with Crippen LogP contribution in [0, 0.1) is 0 Å². The second-order valence-corrected chi connectivity index (χ2v) is 5.71. The Morgan fingerprint density at radius 2 is 2.06 bits per heavy atom. The van der Waals surface area contributed by atoms with Crippen LogP contribution in [0.2, 0.25) is 5.02 Å². The molecule has 8 heteroatoms. The van der Waals surface area contributed by atoms with Crippen LogP contribution in [0.25, 0.3) is 0 Å². The summed E-state index contributed by atoms with van der Waals surface area (Å²) < 4.78 is 26.3. The fourth-order valence-electron chi connectivity index (χ4n) is 0.963. The fourth-order valence-corrected chi connectivity index (χ4v) is 3.04. The van der Waals surface area contributed by atoms with Crippen molar-refractivity contribution < 1.29 is 8.42 Å². The molecule has 0 unspecified atom stereocenters. The molecule has 0 radical (unpaired) electrons. The zero-order valence-corrected chi connectivity index (χ0v) is 12.1. The predicted molar refractivity (Wildman–Crippen MR) is 70.6 cm³/mol. The maximum Gasteiger partial charge on any atom is 0.242 e. The SMILES string of the molecule is Cl.NCCNS(=O)(=O)c1cccc(Br)c1Cl. The first kappa shape index (κ1) is 16.1. The number of nitrogens with one attached hydrogen (secondary N) is 1. The molecule has 0 spiro atoms. The van der Waals surface area contributed by atoms with Gasteiger partial charge in [-0.15, -0.1) is 12.4 Å². The summed E-state index contributed by atoms with van der Waals surface area (Å²) in [6.07, 6.45) is 0. The molecule has 16 heavy (non-hydrogen) atoms. The molecule has 0 atom stereocenters. The fraction of sp³-hybridized carbons (Fsp3) is 0.250. The Bertz CT molecular complexity index is 453. The van der Waals surface area contributed by atoms with E-state index in [9.17, 15) is 8.42 Å². The van der Waals surface area contributed by atoms with E-state index in [1.54, 1.807) is 12.1 Å². The van der Waals surface area contributed by atoms with Crippen LogP contribution in [0.3, 0.4) is 0 Å². The molecule has 0 fully saturated rings. The standard InChI is InChI=1S/C8H10BrClN2O2S.ClH/c9-6-2-1-3-7(8(6)10)15(13,14)12-5-4-11;/h1-3,12H,4-5,11H2;1H. The van der Waals surface area contributed by atoms with Gasteiger partial charge in [0.05, 0.1) is 5.02 Å². The van der Waals surface area contributed by atoms with Gasteiger partial charge in [0.2, 0.25) is 10.0 Å². The third-order valence-corrected chi connectivity index (χ3v) is 4.55. The van der Waals surface area contributed by atoms with Gasteiger partial charge in [-0.2, -0.15) is 0 Å². The first-order valence-electron chi connectivity index (χ1n) is 4.13. The van der Waals surface area contributed by atoms with Crippen molar-refractivity contribution in [2.75, 3.05) is 13.1 Å². The van der Waals surface area contributed by atoms with Gasteiger partial charge in [0.15, 0.2) is 0 Å². The minimum absolute atomic E-state index is 0. The molecule has 4 nitrogen and oxygen atoms in total. The highest BCUT2D eigenvalue weighted by molar-refractivity contribution is 9.10. The molecular weight excluding hydrogens is 339 g/mol. The van der Waals surface area contributed by atoms with Gasteiger partial charge in [-0.05, 0) is 28.1 Å². The van der Waals surface area contributed by atoms with Crippen molar-refractivity contribution in [3.8, 4) is 0 Å². The molecule has 0 aliphatic carbocycles. The molecule has 0 amide bonds. The molecule has 3 N–H and O–H groups in total. The number of nitrogens with two attached hydrogens (primary N) is 1. The van der Waals surface area contributed by atoms with Gasteiger partial charge in [-0.3, -0.25) is 0 Å². The van der Waals surface area contributed by atoms with Crippen LogP contribution in [0.15, 0.2) is 27.6 Å². The minimum atomic E-state index is -3.57. The van der Waals surface area contributed by atoms with Crippen LogP contribution in [-0.2, 0) is 10.0 Å². The molecular formula is C8H11BrCl2N2O2S. The monoisotopic (exact) mass is 348 g/mol. The molecule has 0 heterocycles. The first-order valence-corrected chi connectivity index (χ1v) is 6.78. The molecule has 0 aliphatic heterocycles. The van der Waals surface area contributed by atoms with Crippen molar-refractivity contribution >= 4 is 50.0 Å². The number of hydrogen-bond donors (Lipinski definition) is 2. The van der Waals surface area contributed by atoms with Gasteiger partial charge in [-0.25, -0.2) is 13.1 Å². The normalized spacial score (nSPS) is 10.9. The smallest absolute Gasteiger partial charge is 0.242 e. The second-order valence-electron chi connectivity index (χ2n) is 2.74. The van der Waals surface area contributed by atoms with E-state index in [1.807, 2.05) is 0 Å². The van der Waals surface area contributed by atoms with E-state index in [2.05, 4.69) is 20.7 Å². The number of sulfonamides is 1. The third kappa shape index (κ3) is 3.87. The average molecular weight is 350 g/mol. The maximum absolute atomic E-state index is 11.7. The molecule has 0 bridgehead atoms. The van der Waals surface area contributed by atoms with Gasteiger partial charge < -0.3 is 5.73 Å². The number of hydrogen-bond acceptors (Lipinski definition) is 3. The van der Waals surface area contributed by atoms with E-state index in [0.717, 1.165) is 0 Å². The quantitative estimate of drug-likeness (QED) is 0.869. The topological polar surface area (TPSA) is 72.2 Å². The second kappa shape index (κ2) is 6.78. The number of benzene rings is 1. The molecule has 1 aromatic rings. The lowest BCUT2D eigenvalue weighted by atomic mass is 10.4. The van der Waals surface area contributed by atoms with Crippen molar-refractivity contribution in [2.24, 2.45) is 5.73 Å². The van der Waals surface area contributed by atoms with Crippen molar-refractivity contribution in [3.63, 3.8) is 0 Å². The molecule has 1 rings (SSSR count). The highest BCUT2D eigenvalue weighted by Gasteiger charge is 2.18. The van der Waals surface area contributed by atoms with E-state index in [-0.39, 0.29) is 35.4 Å². The zero-order valence-electron chi connectivity index (χ0n) is 8.11. The summed E-state index contributed by atoms with van der Waals surface area (Å²) >= 11 is 9.02. The van der Waals surface area contributed by atoms with Gasteiger partial charge in [-0.1, -0.05) is 17.7 Å². The van der Waals surface area contributed by atoms with Gasteiger partial charge >= 0.3 is 0 Å². The lowest BCUT2D eigenvalue weighted by Gasteiger charge is -2.07. The lowest BCUT2D eigenvalue weighted by Crippen LogP contribution is -2.29.